The second-order valence-corrected chi connectivity index (χ2v) is 8.49. The molecule has 3 aromatic heterocycles. The number of carbonyl (C=O) groups is 2. The van der Waals surface area contributed by atoms with Gasteiger partial charge in [0.1, 0.15) is 5.82 Å². The van der Waals surface area contributed by atoms with Crippen LogP contribution in [0.4, 0.5) is 15.8 Å². The van der Waals surface area contributed by atoms with Gasteiger partial charge in [-0.05, 0) is 38.0 Å². The van der Waals surface area contributed by atoms with Gasteiger partial charge in [-0.25, -0.2) is 19.3 Å². The van der Waals surface area contributed by atoms with Crippen LogP contribution in [0.1, 0.15) is 41.9 Å². The van der Waals surface area contributed by atoms with Gasteiger partial charge in [-0.3, -0.25) is 14.0 Å². The van der Waals surface area contributed by atoms with Crippen LogP contribution in [0.2, 0.25) is 0 Å². The van der Waals surface area contributed by atoms with Gasteiger partial charge in [-0.15, -0.1) is 0 Å². The van der Waals surface area contributed by atoms with Crippen molar-refractivity contribution in [3.8, 4) is 11.3 Å². The average Bonchev–Trinajstić information content (AvgIpc) is 3.24. The quantitative estimate of drug-likeness (QED) is 0.474. The number of aromatic nitrogens is 4. The minimum Gasteiger partial charge on any atom is -0.436 e. The number of hydrogen-bond donors (Lipinski definition) is 2. The first kappa shape index (κ1) is 20.8. The highest BCUT2D eigenvalue weighted by atomic mass is 19.1. The van der Waals surface area contributed by atoms with Crippen LogP contribution in [-0.2, 0) is 4.79 Å². The monoisotopic (exact) mass is 448 g/mol. The first-order chi connectivity index (χ1) is 15.7. The Morgan fingerprint density at radius 3 is 2.61 bits per heavy atom. The van der Waals surface area contributed by atoms with Gasteiger partial charge < -0.3 is 15.1 Å². The van der Waals surface area contributed by atoms with E-state index >= 15 is 0 Å². The van der Waals surface area contributed by atoms with E-state index in [4.69, 9.17) is 4.42 Å². The summed E-state index contributed by atoms with van der Waals surface area (Å²) in [5.74, 6) is -0.190. The molecule has 10 heteroatoms. The van der Waals surface area contributed by atoms with E-state index in [0.29, 0.717) is 34.4 Å². The van der Waals surface area contributed by atoms with Crippen LogP contribution >= 0.6 is 0 Å². The summed E-state index contributed by atoms with van der Waals surface area (Å²) in [5.41, 5.74) is 1.59. The molecule has 1 saturated carbocycles. The molecule has 2 N–H and O–H groups in total. The van der Waals surface area contributed by atoms with E-state index in [1.54, 1.807) is 30.6 Å². The number of anilines is 2. The molecule has 0 unspecified atom stereocenters. The number of nitrogens with one attached hydrogen (secondary N) is 2. The molecular formula is C23H21FN6O3. The fourth-order valence-electron chi connectivity index (χ4n) is 3.50. The molecule has 0 spiro atoms. The zero-order valence-electron chi connectivity index (χ0n) is 18.3. The number of carbonyl (C=O) groups excluding carboxylic acids is 2. The Hall–Kier alpha value is -4.08. The Morgan fingerprint density at radius 1 is 1.12 bits per heavy atom. The predicted octanol–water partition coefficient (Wildman–Crippen LogP) is 4.13. The van der Waals surface area contributed by atoms with Crippen LogP contribution in [0, 0.1) is 25.1 Å². The first-order valence-electron chi connectivity index (χ1n) is 10.4. The van der Waals surface area contributed by atoms with E-state index in [0.717, 1.165) is 12.8 Å². The lowest BCUT2D eigenvalue weighted by molar-refractivity contribution is -0.120. The normalized spacial score (nSPS) is 14.3. The molecule has 1 aliphatic carbocycles. The molecule has 5 rings (SSSR count). The van der Waals surface area contributed by atoms with Crippen LogP contribution < -0.4 is 10.6 Å². The summed E-state index contributed by atoms with van der Waals surface area (Å²) in [5, 5.41) is 5.56. The molecule has 0 aliphatic heterocycles. The Labute approximate surface area is 188 Å². The zero-order valence-corrected chi connectivity index (χ0v) is 18.3. The number of imidazole rings is 1. The lowest BCUT2D eigenvalue weighted by Crippen LogP contribution is -2.21. The Bertz CT molecular complexity index is 1420. The van der Waals surface area contributed by atoms with E-state index < -0.39 is 11.7 Å². The Balaban J connectivity index is 1.41. The number of nitrogens with zero attached hydrogens (tertiary/aromatic N) is 4. The highest BCUT2D eigenvalue weighted by Crippen LogP contribution is 2.45. The molecular weight excluding hydrogens is 427 g/mol. The number of oxazole rings is 1. The van der Waals surface area contributed by atoms with E-state index in [1.165, 1.54) is 24.4 Å². The molecule has 1 aliphatic rings. The third-order valence-electron chi connectivity index (χ3n) is 5.73. The molecule has 0 atom stereocenters. The largest absolute Gasteiger partial charge is 0.436 e. The number of amides is 2. The predicted molar refractivity (Wildman–Crippen MR) is 118 cm³/mol. The molecule has 33 heavy (non-hydrogen) atoms. The zero-order chi connectivity index (χ0) is 23.3. The highest BCUT2D eigenvalue weighted by Gasteiger charge is 2.44. The van der Waals surface area contributed by atoms with Gasteiger partial charge in [0, 0.05) is 36.0 Å². The molecule has 1 fully saturated rings. The maximum Gasteiger partial charge on any atom is 0.293 e. The third kappa shape index (κ3) is 3.95. The standard InChI is InChI=1S/C23H21FN6O3/c1-12-19(33-13(2)26-12)20(31)27-14-4-5-17(24)16(8-14)18-11-30-10-15(9-25-22(30)29-18)28-21(32)23(3)6-7-23/h4-5,8-11H,6-7H2,1-3H3,(H,27,31)(H,28,32). The molecule has 9 nitrogen and oxygen atoms in total. The number of hydrogen-bond acceptors (Lipinski definition) is 6. The van der Waals surface area contributed by atoms with Gasteiger partial charge in [0.05, 0.1) is 23.3 Å². The molecule has 2 amide bonds. The fraction of sp³-hybridized carbons (Fsp3) is 0.261. The van der Waals surface area contributed by atoms with Gasteiger partial charge in [0.2, 0.25) is 17.4 Å². The van der Waals surface area contributed by atoms with E-state index in [2.05, 4.69) is 25.6 Å². The third-order valence-corrected chi connectivity index (χ3v) is 5.73. The lowest BCUT2D eigenvalue weighted by Gasteiger charge is -2.09. The van der Waals surface area contributed by atoms with Crippen molar-refractivity contribution in [2.24, 2.45) is 5.41 Å². The molecule has 0 radical (unpaired) electrons. The van der Waals surface area contributed by atoms with E-state index in [9.17, 15) is 14.0 Å². The minimum atomic E-state index is -0.502. The van der Waals surface area contributed by atoms with Crippen LogP contribution in [0.5, 0.6) is 0 Å². The molecule has 4 aromatic rings. The summed E-state index contributed by atoms with van der Waals surface area (Å²) in [6.45, 7) is 5.25. The minimum absolute atomic E-state index is 0.0457. The van der Waals surface area contributed by atoms with Crippen LogP contribution in [0.3, 0.4) is 0 Å². The van der Waals surface area contributed by atoms with Crippen molar-refractivity contribution in [3.63, 3.8) is 0 Å². The maximum atomic E-state index is 14.6. The van der Waals surface area contributed by atoms with Gasteiger partial charge >= 0.3 is 0 Å². The number of fused-ring (bicyclic) bond motifs is 1. The number of rotatable bonds is 5. The van der Waals surface area contributed by atoms with Gasteiger partial charge in [-0.1, -0.05) is 6.92 Å². The van der Waals surface area contributed by atoms with Crippen molar-refractivity contribution in [1.82, 2.24) is 19.4 Å². The van der Waals surface area contributed by atoms with Crippen LogP contribution in [-0.4, -0.2) is 31.2 Å². The average molecular weight is 448 g/mol. The van der Waals surface area contributed by atoms with Crippen molar-refractivity contribution in [2.75, 3.05) is 10.6 Å². The summed E-state index contributed by atoms with van der Waals surface area (Å²) in [6, 6.07) is 4.20. The van der Waals surface area contributed by atoms with Crippen molar-refractivity contribution >= 4 is 29.0 Å². The van der Waals surface area contributed by atoms with Crippen molar-refractivity contribution < 1.29 is 18.4 Å². The second kappa shape index (κ2) is 7.51. The topological polar surface area (TPSA) is 114 Å². The van der Waals surface area contributed by atoms with E-state index in [-0.39, 0.29) is 22.6 Å². The highest BCUT2D eigenvalue weighted by molar-refractivity contribution is 6.03. The molecule has 3 heterocycles. The number of halogens is 1. The maximum absolute atomic E-state index is 14.6. The number of benzene rings is 1. The lowest BCUT2D eigenvalue weighted by atomic mass is 10.1. The van der Waals surface area contributed by atoms with Crippen molar-refractivity contribution in [2.45, 2.75) is 33.6 Å². The SMILES string of the molecule is Cc1nc(C)c(C(=O)Nc2ccc(F)c(-c3cn4cc(NC(=O)C5(C)CC5)cnc4n3)c2)o1. The van der Waals surface area contributed by atoms with Gasteiger partial charge in [-0.2, -0.15) is 0 Å². The first-order valence-corrected chi connectivity index (χ1v) is 10.4. The summed E-state index contributed by atoms with van der Waals surface area (Å²) in [6.07, 6.45) is 6.55. The van der Waals surface area contributed by atoms with E-state index in [1.807, 2.05) is 6.92 Å². The Kier molecular flexibility index (Phi) is 4.73. The summed E-state index contributed by atoms with van der Waals surface area (Å²) in [7, 11) is 0. The summed E-state index contributed by atoms with van der Waals surface area (Å²) in [4.78, 5) is 37.5. The van der Waals surface area contributed by atoms with Crippen LogP contribution in [0.25, 0.3) is 17.0 Å². The molecule has 0 bridgehead atoms. The van der Waals surface area contributed by atoms with Crippen molar-refractivity contribution in [1.29, 1.82) is 0 Å². The van der Waals surface area contributed by atoms with Gasteiger partial charge in [0.15, 0.2) is 5.89 Å². The fourth-order valence-corrected chi connectivity index (χ4v) is 3.50. The molecule has 0 saturated heterocycles. The van der Waals surface area contributed by atoms with Crippen molar-refractivity contribution in [3.05, 3.63) is 60.0 Å². The summed E-state index contributed by atoms with van der Waals surface area (Å²) < 4.78 is 21.6. The van der Waals surface area contributed by atoms with Crippen LogP contribution in [0.15, 0.2) is 41.2 Å². The molecule has 1 aromatic carbocycles. The van der Waals surface area contributed by atoms with Gasteiger partial charge in [0.25, 0.3) is 5.91 Å². The number of aryl methyl sites for hydroxylation is 2. The summed E-state index contributed by atoms with van der Waals surface area (Å²) >= 11 is 0. The molecule has 168 valence electrons. The smallest absolute Gasteiger partial charge is 0.293 e. The second-order valence-electron chi connectivity index (χ2n) is 8.49. The Morgan fingerprint density at radius 2 is 1.91 bits per heavy atom.